The van der Waals surface area contributed by atoms with E-state index in [-0.39, 0.29) is 23.6 Å². The van der Waals surface area contributed by atoms with E-state index in [1.165, 1.54) is 11.8 Å². The van der Waals surface area contributed by atoms with Crippen LogP contribution in [0.4, 0.5) is 0 Å². The normalized spacial score (nSPS) is 22.4. The van der Waals surface area contributed by atoms with Gasteiger partial charge >= 0.3 is 0 Å². The van der Waals surface area contributed by atoms with E-state index < -0.39 is 5.92 Å². The summed E-state index contributed by atoms with van der Waals surface area (Å²) in [5.41, 5.74) is 2.27. The molecule has 4 rings (SSSR count). The van der Waals surface area contributed by atoms with Crippen molar-refractivity contribution in [2.75, 3.05) is 6.54 Å². The lowest BCUT2D eigenvalue weighted by molar-refractivity contribution is -0.128. The van der Waals surface area contributed by atoms with Crippen molar-refractivity contribution in [3.8, 4) is 0 Å². The second-order valence-electron chi connectivity index (χ2n) is 6.63. The summed E-state index contributed by atoms with van der Waals surface area (Å²) in [5.74, 6) is -0.330. The quantitative estimate of drug-likeness (QED) is 0.843. The molecule has 2 aliphatic heterocycles. The van der Waals surface area contributed by atoms with Gasteiger partial charge in [-0.15, -0.1) is 0 Å². The van der Waals surface area contributed by atoms with Crippen molar-refractivity contribution in [3.05, 3.63) is 59.3 Å². The molecule has 7 nitrogen and oxygen atoms in total. The molecular formula is C19H18N4O3. The monoisotopic (exact) mass is 350 g/mol. The van der Waals surface area contributed by atoms with Gasteiger partial charge < -0.3 is 9.42 Å². The fraction of sp³-hybridized carbons (Fsp3) is 0.316. The number of rotatable bonds is 4. The molecule has 1 aromatic heterocycles. The molecule has 2 aliphatic rings. The molecule has 0 aliphatic carbocycles. The first-order chi connectivity index (χ1) is 12.6. The first kappa shape index (κ1) is 16.4. The van der Waals surface area contributed by atoms with Crippen LogP contribution in [0.25, 0.3) is 0 Å². The van der Waals surface area contributed by atoms with Crippen LogP contribution in [0.3, 0.4) is 0 Å². The third kappa shape index (κ3) is 3.20. The lowest BCUT2D eigenvalue weighted by atomic mass is 10.1. The van der Waals surface area contributed by atoms with Crippen molar-refractivity contribution in [2.45, 2.75) is 31.7 Å². The van der Waals surface area contributed by atoms with Crippen LogP contribution >= 0.6 is 0 Å². The number of likely N-dealkylation sites (tertiary alicyclic amines) is 1. The minimum Gasteiger partial charge on any atom is -0.338 e. The molecule has 0 saturated carbocycles. The standard InChI is InChI=1S/C19H18N4O3/c1-12-4-2-5-13(8-12)10-23-11-14(9-16(23)24)17-21-19(26-22-17)15-6-3-7-20-18(15)25/h2-8,14-15H,9-11H2,1H3. The number of nitrogens with zero attached hydrogens (tertiary/aromatic N) is 4. The summed E-state index contributed by atoms with van der Waals surface area (Å²) in [4.78, 5) is 34.1. The van der Waals surface area contributed by atoms with Crippen molar-refractivity contribution < 1.29 is 14.1 Å². The van der Waals surface area contributed by atoms with Crippen LogP contribution in [0.15, 0.2) is 45.9 Å². The topological polar surface area (TPSA) is 88.7 Å². The number of allylic oxidation sites excluding steroid dienone is 1. The van der Waals surface area contributed by atoms with Crippen molar-refractivity contribution in [1.29, 1.82) is 0 Å². The Morgan fingerprint density at radius 2 is 2.19 bits per heavy atom. The zero-order valence-electron chi connectivity index (χ0n) is 14.3. The Kier molecular flexibility index (Phi) is 4.20. The Balaban J connectivity index is 1.46. The van der Waals surface area contributed by atoms with Gasteiger partial charge in [-0.25, -0.2) is 4.99 Å². The molecule has 1 fully saturated rings. The number of benzene rings is 1. The average Bonchev–Trinajstić information content (AvgIpc) is 3.23. The summed E-state index contributed by atoms with van der Waals surface area (Å²) in [6.45, 7) is 3.14. The van der Waals surface area contributed by atoms with E-state index in [0.29, 0.717) is 25.3 Å². The average molecular weight is 350 g/mol. The highest BCUT2D eigenvalue weighted by Gasteiger charge is 2.35. The molecule has 7 heteroatoms. The summed E-state index contributed by atoms with van der Waals surface area (Å²) in [5, 5.41) is 3.99. The van der Waals surface area contributed by atoms with Crippen LogP contribution in [-0.2, 0) is 16.1 Å². The Bertz CT molecular complexity index is 915. The number of amides is 2. The van der Waals surface area contributed by atoms with E-state index in [4.69, 9.17) is 4.52 Å². The van der Waals surface area contributed by atoms with E-state index in [9.17, 15) is 9.59 Å². The Morgan fingerprint density at radius 3 is 3.00 bits per heavy atom. The van der Waals surface area contributed by atoms with Crippen molar-refractivity contribution in [2.24, 2.45) is 4.99 Å². The lowest BCUT2D eigenvalue weighted by Crippen LogP contribution is -2.24. The maximum Gasteiger partial charge on any atom is 0.262 e. The first-order valence-electron chi connectivity index (χ1n) is 8.51. The van der Waals surface area contributed by atoms with Gasteiger partial charge in [-0.05, 0) is 18.6 Å². The molecule has 0 N–H and O–H groups in total. The van der Waals surface area contributed by atoms with Crippen molar-refractivity contribution >= 4 is 18.0 Å². The molecule has 2 atom stereocenters. The zero-order chi connectivity index (χ0) is 18.1. The highest BCUT2D eigenvalue weighted by Crippen LogP contribution is 2.29. The van der Waals surface area contributed by atoms with Gasteiger partial charge in [0.1, 0.15) is 5.92 Å². The van der Waals surface area contributed by atoms with E-state index in [1.807, 2.05) is 30.0 Å². The van der Waals surface area contributed by atoms with Crippen LogP contribution in [0.5, 0.6) is 0 Å². The Labute approximate surface area is 150 Å². The molecule has 3 heterocycles. The predicted molar refractivity (Wildman–Crippen MR) is 93.6 cm³/mol. The number of carbonyl (C=O) groups excluding carboxylic acids is 2. The second-order valence-corrected chi connectivity index (χ2v) is 6.63. The van der Waals surface area contributed by atoms with Gasteiger partial charge in [-0.3, -0.25) is 9.59 Å². The predicted octanol–water partition coefficient (Wildman–Crippen LogP) is 2.14. The lowest BCUT2D eigenvalue weighted by Gasteiger charge is -2.16. The molecule has 0 spiro atoms. The molecule has 1 aromatic carbocycles. The number of carbonyl (C=O) groups is 2. The molecule has 2 amide bonds. The summed E-state index contributed by atoms with van der Waals surface area (Å²) in [6, 6.07) is 8.12. The van der Waals surface area contributed by atoms with Gasteiger partial charge in [0.05, 0.1) is 0 Å². The van der Waals surface area contributed by atoms with Gasteiger partial charge in [0.25, 0.3) is 5.91 Å². The maximum atomic E-state index is 12.4. The van der Waals surface area contributed by atoms with E-state index in [2.05, 4.69) is 21.2 Å². The van der Waals surface area contributed by atoms with Gasteiger partial charge in [-0.2, -0.15) is 4.98 Å². The number of aliphatic imine (C=N–C) groups is 1. The molecule has 132 valence electrons. The van der Waals surface area contributed by atoms with Gasteiger partial charge in [0.15, 0.2) is 5.82 Å². The van der Waals surface area contributed by atoms with Crippen LogP contribution in [0.1, 0.15) is 41.1 Å². The van der Waals surface area contributed by atoms with Crippen molar-refractivity contribution in [1.82, 2.24) is 15.0 Å². The summed E-state index contributed by atoms with van der Waals surface area (Å²) < 4.78 is 5.25. The second kappa shape index (κ2) is 6.67. The minimum atomic E-state index is -0.637. The molecule has 0 bridgehead atoms. The number of dihydropyridines is 1. The maximum absolute atomic E-state index is 12.4. The smallest absolute Gasteiger partial charge is 0.262 e. The van der Waals surface area contributed by atoms with Crippen LogP contribution in [0, 0.1) is 6.92 Å². The third-order valence-electron chi connectivity index (χ3n) is 4.62. The fourth-order valence-corrected chi connectivity index (χ4v) is 3.30. The van der Waals surface area contributed by atoms with Crippen molar-refractivity contribution in [3.63, 3.8) is 0 Å². The van der Waals surface area contributed by atoms with Crippen LogP contribution in [-0.4, -0.2) is 39.6 Å². The highest BCUT2D eigenvalue weighted by molar-refractivity contribution is 5.96. The fourth-order valence-electron chi connectivity index (χ4n) is 3.30. The summed E-state index contributed by atoms with van der Waals surface area (Å²) in [7, 11) is 0. The summed E-state index contributed by atoms with van der Waals surface area (Å²) >= 11 is 0. The van der Waals surface area contributed by atoms with Gasteiger partial charge in [0, 0.05) is 31.6 Å². The highest BCUT2D eigenvalue weighted by atomic mass is 16.5. The third-order valence-corrected chi connectivity index (χ3v) is 4.62. The number of aromatic nitrogens is 2. The van der Waals surface area contributed by atoms with Gasteiger partial charge in [0.2, 0.25) is 11.8 Å². The number of hydrogen-bond donors (Lipinski definition) is 0. The first-order valence-corrected chi connectivity index (χ1v) is 8.51. The largest absolute Gasteiger partial charge is 0.338 e. The Hall–Kier alpha value is -3.09. The SMILES string of the molecule is Cc1cccc(CN2CC(c3noc(C4C=CC=NC4=O)n3)CC2=O)c1. The van der Waals surface area contributed by atoms with Gasteiger partial charge in [-0.1, -0.05) is 41.1 Å². The van der Waals surface area contributed by atoms with Crippen LogP contribution in [0.2, 0.25) is 0 Å². The number of hydrogen-bond acceptors (Lipinski definition) is 5. The number of aryl methyl sites for hydroxylation is 1. The van der Waals surface area contributed by atoms with E-state index in [0.717, 1.165) is 5.56 Å². The van der Waals surface area contributed by atoms with E-state index in [1.54, 1.807) is 12.2 Å². The molecular weight excluding hydrogens is 332 g/mol. The zero-order valence-corrected chi connectivity index (χ0v) is 14.3. The van der Waals surface area contributed by atoms with E-state index >= 15 is 0 Å². The molecule has 0 radical (unpaired) electrons. The Morgan fingerprint density at radius 1 is 1.31 bits per heavy atom. The molecule has 1 saturated heterocycles. The molecule has 26 heavy (non-hydrogen) atoms. The summed E-state index contributed by atoms with van der Waals surface area (Å²) in [6.07, 6.45) is 5.14. The molecule has 2 unspecified atom stereocenters. The van der Waals surface area contributed by atoms with Crippen LogP contribution < -0.4 is 0 Å². The molecule has 2 aromatic rings. The minimum absolute atomic E-state index is 0.0705.